The van der Waals surface area contributed by atoms with E-state index in [4.69, 9.17) is 0 Å². The number of nitrogens with zero attached hydrogens (tertiary/aromatic N) is 3. The minimum Gasteiger partial charge on any atom is -0.336 e. The molecule has 0 amide bonds. The topological polar surface area (TPSA) is 119 Å². The van der Waals surface area contributed by atoms with Gasteiger partial charge < -0.3 is 4.98 Å². The van der Waals surface area contributed by atoms with Crippen LogP contribution in [0.15, 0.2) is 32.7 Å². The Kier molecular flexibility index (Phi) is 4.79. The van der Waals surface area contributed by atoms with Gasteiger partial charge >= 0.3 is 5.69 Å². The first-order chi connectivity index (χ1) is 12.6. The predicted octanol–water partition coefficient (Wildman–Crippen LogP) is 0.0981. The van der Waals surface area contributed by atoms with Crippen molar-refractivity contribution in [3.05, 3.63) is 56.0 Å². The molecule has 0 saturated carbocycles. The smallest absolute Gasteiger partial charge is 0.332 e. The van der Waals surface area contributed by atoms with Crippen LogP contribution in [0.25, 0.3) is 11.2 Å². The second-order valence-corrected chi connectivity index (χ2v) is 8.24. The molecule has 0 unspecified atom stereocenters. The maximum atomic E-state index is 12.5. The molecule has 0 fully saturated rings. The molecule has 0 radical (unpaired) electrons. The van der Waals surface area contributed by atoms with E-state index in [9.17, 15) is 18.0 Å². The fraction of sp³-hybridized carbons (Fsp3) is 0.353. The van der Waals surface area contributed by atoms with Crippen molar-refractivity contribution in [3.63, 3.8) is 0 Å². The van der Waals surface area contributed by atoms with E-state index in [2.05, 4.69) is 14.7 Å². The van der Waals surface area contributed by atoms with Crippen molar-refractivity contribution >= 4 is 21.2 Å². The number of aromatic amines is 1. The minimum atomic E-state index is -3.66. The fourth-order valence-electron chi connectivity index (χ4n) is 2.87. The first kappa shape index (κ1) is 19.1. The molecule has 3 rings (SSSR count). The summed E-state index contributed by atoms with van der Waals surface area (Å²) in [6, 6.07) is 5.24. The van der Waals surface area contributed by atoms with E-state index in [1.807, 2.05) is 13.0 Å². The van der Waals surface area contributed by atoms with Crippen molar-refractivity contribution < 1.29 is 8.42 Å². The molecule has 0 atom stereocenters. The Labute approximate surface area is 155 Å². The van der Waals surface area contributed by atoms with E-state index >= 15 is 0 Å². The Morgan fingerprint density at radius 2 is 1.85 bits per heavy atom. The van der Waals surface area contributed by atoms with E-state index < -0.39 is 21.3 Å². The first-order valence-corrected chi connectivity index (χ1v) is 9.81. The maximum absolute atomic E-state index is 12.5. The Balaban J connectivity index is 1.82. The lowest BCUT2D eigenvalue weighted by molar-refractivity contribution is 0.580. The average molecular weight is 391 g/mol. The van der Waals surface area contributed by atoms with Gasteiger partial charge in [-0.15, -0.1) is 0 Å². The van der Waals surface area contributed by atoms with Crippen LogP contribution in [0.1, 0.15) is 17.0 Å². The molecule has 0 aliphatic carbocycles. The van der Waals surface area contributed by atoms with Crippen molar-refractivity contribution in [1.29, 1.82) is 0 Å². The van der Waals surface area contributed by atoms with Crippen LogP contribution in [0.4, 0.5) is 0 Å². The van der Waals surface area contributed by atoms with Crippen molar-refractivity contribution in [1.82, 2.24) is 23.8 Å². The molecule has 10 heteroatoms. The summed E-state index contributed by atoms with van der Waals surface area (Å²) in [5.41, 5.74) is 1.04. The number of aromatic nitrogens is 4. The van der Waals surface area contributed by atoms with Gasteiger partial charge in [0.1, 0.15) is 11.3 Å². The zero-order valence-electron chi connectivity index (χ0n) is 15.5. The highest BCUT2D eigenvalue weighted by molar-refractivity contribution is 7.89. The Morgan fingerprint density at radius 3 is 2.56 bits per heavy atom. The molecule has 2 N–H and O–H groups in total. The van der Waals surface area contributed by atoms with Gasteiger partial charge in [0.05, 0.1) is 4.90 Å². The number of fused-ring (bicyclic) bond motifs is 1. The van der Waals surface area contributed by atoms with E-state index in [0.29, 0.717) is 11.4 Å². The number of imidazole rings is 1. The van der Waals surface area contributed by atoms with Crippen LogP contribution in [0, 0.1) is 13.8 Å². The molecule has 1 aromatic carbocycles. The molecule has 0 saturated heterocycles. The number of sulfonamides is 1. The Bertz CT molecular complexity index is 1250. The SMILES string of the molecule is Cc1ccc(C)c(S(=O)(=O)NCCc2nc3c([nH]2)c(=O)n(C)c(=O)n3C)c1. The van der Waals surface area contributed by atoms with Crippen LogP contribution in [0.2, 0.25) is 0 Å². The second kappa shape index (κ2) is 6.78. The molecule has 2 aromatic heterocycles. The maximum Gasteiger partial charge on any atom is 0.332 e. The number of hydrogen-bond donors (Lipinski definition) is 2. The summed E-state index contributed by atoms with van der Waals surface area (Å²) in [6.45, 7) is 3.67. The van der Waals surface area contributed by atoms with Crippen LogP contribution in [0.3, 0.4) is 0 Å². The van der Waals surface area contributed by atoms with Crippen molar-refractivity contribution in [2.45, 2.75) is 25.2 Å². The molecule has 2 heterocycles. The number of hydrogen-bond acceptors (Lipinski definition) is 5. The molecule has 0 bridgehead atoms. The highest BCUT2D eigenvalue weighted by Gasteiger charge is 2.17. The van der Waals surface area contributed by atoms with Crippen molar-refractivity contribution in [2.24, 2.45) is 14.1 Å². The van der Waals surface area contributed by atoms with Crippen LogP contribution in [-0.4, -0.2) is 34.1 Å². The number of nitrogens with one attached hydrogen (secondary N) is 2. The zero-order valence-corrected chi connectivity index (χ0v) is 16.3. The van der Waals surface area contributed by atoms with Crippen LogP contribution >= 0.6 is 0 Å². The molecule has 0 aliphatic heterocycles. The minimum absolute atomic E-state index is 0.101. The number of benzene rings is 1. The third-order valence-corrected chi connectivity index (χ3v) is 6.03. The summed E-state index contributed by atoms with van der Waals surface area (Å²) in [6.07, 6.45) is 0.246. The van der Waals surface area contributed by atoms with Gasteiger partial charge in [0, 0.05) is 27.1 Å². The molecular weight excluding hydrogens is 370 g/mol. The molecule has 27 heavy (non-hydrogen) atoms. The van der Waals surface area contributed by atoms with Crippen LogP contribution in [0.5, 0.6) is 0 Å². The van der Waals surface area contributed by atoms with Gasteiger partial charge in [-0.05, 0) is 31.0 Å². The van der Waals surface area contributed by atoms with Gasteiger partial charge in [0.2, 0.25) is 10.0 Å². The second-order valence-electron chi connectivity index (χ2n) is 6.50. The van der Waals surface area contributed by atoms with Gasteiger partial charge in [-0.25, -0.2) is 22.9 Å². The third-order valence-electron chi connectivity index (χ3n) is 4.43. The zero-order chi connectivity index (χ0) is 19.9. The Morgan fingerprint density at radius 1 is 1.15 bits per heavy atom. The van der Waals surface area contributed by atoms with Crippen molar-refractivity contribution in [2.75, 3.05) is 6.54 Å². The highest BCUT2D eigenvalue weighted by atomic mass is 32.2. The number of H-pyrrole nitrogens is 1. The first-order valence-electron chi connectivity index (χ1n) is 8.33. The van der Waals surface area contributed by atoms with Crippen molar-refractivity contribution in [3.8, 4) is 0 Å². The van der Waals surface area contributed by atoms with E-state index in [1.54, 1.807) is 19.1 Å². The molecule has 144 valence electrons. The lowest BCUT2D eigenvalue weighted by atomic mass is 10.2. The lowest BCUT2D eigenvalue weighted by Gasteiger charge is -2.09. The third kappa shape index (κ3) is 3.45. The van der Waals surface area contributed by atoms with Gasteiger partial charge in [-0.2, -0.15) is 0 Å². The average Bonchev–Trinajstić information content (AvgIpc) is 3.04. The molecule has 0 spiro atoms. The lowest BCUT2D eigenvalue weighted by Crippen LogP contribution is -2.36. The molecule has 9 nitrogen and oxygen atoms in total. The molecular formula is C17H21N5O4S. The normalized spacial score (nSPS) is 12.0. The summed E-state index contributed by atoms with van der Waals surface area (Å²) < 4.78 is 29.9. The van der Waals surface area contributed by atoms with Gasteiger partial charge in [0.25, 0.3) is 5.56 Å². The summed E-state index contributed by atoms with van der Waals surface area (Å²) in [5, 5.41) is 0. The highest BCUT2D eigenvalue weighted by Crippen LogP contribution is 2.16. The Hall–Kier alpha value is -2.72. The van der Waals surface area contributed by atoms with Gasteiger partial charge in [0.15, 0.2) is 5.65 Å². The van der Waals surface area contributed by atoms with Gasteiger partial charge in [-0.3, -0.25) is 13.9 Å². The molecule has 0 aliphatic rings. The quantitative estimate of drug-likeness (QED) is 0.639. The summed E-state index contributed by atoms with van der Waals surface area (Å²) in [7, 11) is -0.739. The fourth-order valence-corrected chi connectivity index (χ4v) is 4.23. The number of rotatable bonds is 5. The van der Waals surface area contributed by atoms with E-state index in [1.165, 1.54) is 18.7 Å². The van der Waals surface area contributed by atoms with E-state index in [0.717, 1.165) is 10.1 Å². The largest absolute Gasteiger partial charge is 0.336 e. The van der Waals surface area contributed by atoms with E-state index in [-0.39, 0.29) is 29.0 Å². The van der Waals surface area contributed by atoms with Crippen LogP contribution in [-0.2, 0) is 30.5 Å². The van der Waals surface area contributed by atoms with Crippen LogP contribution < -0.4 is 16.0 Å². The predicted molar refractivity (Wildman–Crippen MR) is 101 cm³/mol. The molecule has 3 aromatic rings. The summed E-state index contributed by atoms with van der Waals surface area (Å²) in [5.74, 6) is 0.423. The monoisotopic (exact) mass is 391 g/mol. The summed E-state index contributed by atoms with van der Waals surface area (Å²) >= 11 is 0. The number of aryl methyl sites for hydroxylation is 3. The summed E-state index contributed by atoms with van der Waals surface area (Å²) in [4.78, 5) is 31.5. The standard InChI is InChI=1S/C17H21N5O4S/c1-10-5-6-11(2)12(9-10)27(25,26)18-8-7-13-19-14-15(20-13)21(3)17(24)22(4)16(14)23/h5-6,9,18H,7-8H2,1-4H3,(H,19,20). The van der Waals surface area contributed by atoms with Gasteiger partial charge in [-0.1, -0.05) is 12.1 Å².